The molecule has 410 valence electrons. The molecule has 0 saturated carbocycles. The summed E-state index contributed by atoms with van der Waals surface area (Å²) in [4.78, 5) is 38.2. The third-order valence-corrected chi connectivity index (χ3v) is 13.2. The minimum atomic E-state index is -0.783. The van der Waals surface area contributed by atoms with Gasteiger partial charge in [-0.15, -0.1) is 0 Å². The first-order valence-electron chi connectivity index (χ1n) is 30.4. The third-order valence-electron chi connectivity index (χ3n) is 13.2. The van der Waals surface area contributed by atoms with E-state index < -0.39 is 6.10 Å². The molecule has 0 aromatic rings. The molecule has 0 bridgehead atoms. The van der Waals surface area contributed by atoms with Crippen LogP contribution in [0.3, 0.4) is 0 Å². The van der Waals surface area contributed by atoms with E-state index in [1.54, 1.807) is 0 Å². The average molecular weight is 992 g/mol. The van der Waals surface area contributed by atoms with Crippen LogP contribution in [0.15, 0.2) is 72.9 Å². The van der Waals surface area contributed by atoms with Gasteiger partial charge in [0.1, 0.15) is 13.2 Å². The van der Waals surface area contributed by atoms with Gasteiger partial charge >= 0.3 is 17.9 Å². The molecule has 0 amide bonds. The molecule has 1 atom stereocenters. The Bertz CT molecular complexity index is 1320. The van der Waals surface area contributed by atoms with Crippen LogP contribution in [0, 0.1) is 0 Å². The highest BCUT2D eigenvalue weighted by Gasteiger charge is 2.19. The predicted octanol–water partition coefficient (Wildman–Crippen LogP) is 20.5. The number of allylic oxidation sites excluding steroid dienone is 12. The van der Waals surface area contributed by atoms with E-state index in [1.807, 2.05) is 0 Å². The first-order valence-corrected chi connectivity index (χ1v) is 30.4. The van der Waals surface area contributed by atoms with Gasteiger partial charge in [0.2, 0.25) is 0 Å². The van der Waals surface area contributed by atoms with E-state index >= 15 is 0 Å². The zero-order chi connectivity index (χ0) is 51.4. The lowest BCUT2D eigenvalue weighted by Gasteiger charge is -2.18. The van der Waals surface area contributed by atoms with E-state index in [2.05, 4.69) is 93.7 Å². The zero-order valence-electron chi connectivity index (χ0n) is 47.0. The Hall–Kier alpha value is -3.15. The lowest BCUT2D eigenvalue weighted by atomic mass is 10.1. The molecule has 0 N–H and O–H groups in total. The van der Waals surface area contributed by atoms with Crippen molar-refractivity contribution < 1.29 is 28.6 Å². The van der Waals surface area contributed by atoms with Crippen molar-refractivity contribution >= 4 is 17.9 Å². The Morgan fingerprint density at radius 2 is 0.549 bits per heavy atom. The summed E-state index contributed by atoms with van der Waals surface area (Å²) in [5.41, 5.74) is 0. The number of carbonyl (C=O) groups excluding carboxylic acids is 3. The first-order chi connectivity index (χ1) is 35.0. The minimum absolute atomic E-state index is 0.0807. The van der Waals surface area contributed by atoms with Gasteiger partial charge in [-0.25, -0.2) is 0 Å². The van der Waals surface area contributed by atoms with Crippen LogP contribution < -0.4 is 0 Å². The van der Waals surface area contributed by atoms with E-state index in [-0.39, 0.29) is 31.1 Å². The molecule has 0 saturated heterocycles. The Kier molecular flexibility index (Phi) is 56.8. The normalized spacial score (nSPS) is 12.5. The van der Waals surface area contributed by atoms with Gasteiger partial charge in [0.25, 0.3) is 0 Å². The van der Waals surface area contributed by atoms with Crippen molar-refractivity contribution in [3.05, 3.63) is 72.9 Å². The van der Waals surface area contributed by atoms with E-state index in [0.29, 0.717) is 19.3 Å². The number of esters is 3. The Balaban J connectivity index is 4.32. The summed E-state index contributed by atoms with van der Waals surface area (Å²) >= 11 is 0. The fourth-order valence-corrected chi connectivity index (χ4v) is 8.60. The molecule has 6 nitrogen and oxygen atoms in total. The van der Waals surface area contributed by atoms with Gasteiger partial charge in [-0.05, 0) is 109 Å². The number of carbonyl (C=O) groups is 3. The molecule has 1 unspecified atom stereocenters. The van der Waals surface area contributed by atoms with Crippen molar-refractivity contribution in [1.82, 2.24) is 0 Å². The Labute approximate surface area is 440 Å². The summed E-state index contributed by atoms with van der Waals surface area (Å²) < 4.78 is 16.9. The summed E-state index contributed by atoms with van der Waals surface area (Å²) in [6.45, 7) is 6.51. The highest BCUT2D eigenvalue weighted by molar-refractivity contribution is 5.71. The van der Waals surface area contributed by atoms with E-state index in [0.717, 1.165) is 89.9 Å². The fourth-order valence-electron chi connectivity index (χ4n) is 8.60. The van der Waals surface area contributed by atoms with Crippen LogP contribution in [0.2, 0.25) is 0 Å². The molecule has 0 aliphatic heterocycles. The Morgan fingerprint density at radius 1 is 0.296 bits per heavy atom. The summed E-state index contributed by atoms with van der Waals surface area (Å²) in [5, 5.41) is 0. The van der Waals surface area contributed by atoms with Crippen LogP contribution in [0.1, 0.15) is 303 Å². The molecule has 0 aliphatic rings. The van der Waals surface area contributed by atoms with Gasteiger partial charge in [0.15, 0.2) is 6.10 Å². The lowest BCUT2D eigenvalue weighted by molar-refractivity contribution is -0.167. The first kappa shape index (κ1) is 67.8. The number of ether oxygens (including phenoxy) is 3. The molecule has 0 spiro atoms. The second kappa shape index (κ2) is 59.4. The number of hydrogen-bond acceptors (Lipinski definition) is 6. The molecule has 0 radical (unpaired) electrons. The highest BCUT2D eigenvalue weighted by atomic mass is 16.6. The maximum Gasteiger partial charge on any atom is 0.306 e. The highest BCUT2D eigenvalue weighted by Crippen LogP contribution is 2.16. The molecular weight excluding hydrogens is 877 g/mol. The van der Waals surface area contributed by atoms with Gasteiger partial charge < -0.3 is 14.2 Å². The Morgan fingerprint density at radius 3 is 0.901 bits per heavy atom. The van der Waals surface area contributed by atoms with Crippen molar-refractivity contribution in [2.24, 2.45) is 0 Å². The quantitative estimate of drug-likeness (QED) is 0.0261. The van der Waals surface area contributed by atoms with Gasteiger partial charge in [0.05, 0.1) is 0 Å². The second-order valence-electron chi connectivity index (χ2n) is 20.2. The standard InChI is InChI=1S/C65H114O6/c1-4-7-10-13-16-19-22-25-27-29-31-32-33-34-35-37-38-40-43-46-49-52-55-58-64(67)70-61-62(60-69-63(66)57-54-51-48-45-42-24-21-18-15-12-9-6-3)71-65(68)59-56-53-50-47-44-41-39-36-30-28-26-23-20-17-14-11-8-5-2/h7,10,16,18-19,21,25,27-28,30-32,62H,4-6,8-9,11-15,17,20,22-24,26,29,33-61H2,1-3H3/b10-7-,19-16-,21-18-,27-25-,30-28-,32-31-. The summed E-state index contributed by atoms with van der Waals surface area (Å²) in [5.74, 6) is -0.887. The SMILES string of the molecule is CC/C=C\C/C=C\C/C=C\C/C=C\CCCCCCCCCCCCC(=O)OCC(COC(=O)CCCCCCC/C=C\CCCCC)OC(=O)CCCCCCCCC/C=C\CCCCCCCCC. The fraction of sp³-hybridized carbons (Fsp3) is 0.769. The smallest absolute Gasteiger partial charge is 0.306 e. The maximum atomic E-state index is 12.9. The van der Waals surface area contributed by atoms with Crippen LogP contribution in [0.4, 0.5) is 0 Å². The van der Waals surface area contributed by atoms with E-state index in [4.69, 9.17) is 14.2 Å². The topological polar surface area (TPSA) is 78.9 Å². The van der Waals surface area contributed by atoms with Gasteiger partial charge in [-0.1, -0.05) is 248 Å². The van der Waals surface area contributed by atoms with Crippen LogP contribution >= 0.6 is 0 Å². The van der Waals surface area contributed by atoms with E-state index in [9.17, 15) is 14.4 Å². The van der Waals surface area contributed by atoms with Crippen LogP contribution in [-0.2, 0) is 28.6 Å². The van der Waals surface area contributed by atoms with Gasteiger partial charge in [-0.3, -0.25) is 14.4 Å². The lowest BCUT2D eigenvalue weighted by Crippen LogP contribution is -2.30. The average Bonchev–Trinajstić information content (AvgIpc) is 3.37. The molecule has 0 fully saturated rings. The van der Waals surface area contributed by atoms with Crippen molar-refractivity contribution in [2.75, 3.05) is 13.2 Å². The van der Waals surface area contributed by atoms with Gasteiger partial charge in [0, 0.05) is 19.3 Å². The second-order valence-corrected chi connectivity index (χ2v) is 20.2. The van der Waals surface area contributed by atoms with Crippen LogP contribution in [0.25, 0.3) is 0 Å². The number of hydrogen-bond donors (Lipinski definition) is 0. The third kappa shape index (κ3) is 57.6. The zero-order valence-corrected chi connectivity index (χ0v) is 47.0. The summed E-state index contributed by atoms with van der Waals surface area (Å²) in [6, 6.07) is 0. The largest absolute Gasteiger partial charge is 0.462 e. The van der Waals surface area contributed by atoms with Crippen molar-refractivity contribution in [1.29, 1.82) is 0 Å². The summed E-state index contributed by atoms with van der Waals surface area (Å²) in [6.07, 6.45) is 76.1. The maximum absolute atomic E-state index is 12.9. The monoisotopic (exact) mass is 991 g/mol. The van der Waals surface area contributed by atoms with Crippen LogP contribution in [0.5, 0.6) is 0 Å². The van der Waals surface area contributed by atoms with Gasteiger partial charge in [-0.2, -0.15) is 0 Å². The molecular formula is C65H114O6. The van der Waals surface area contributed by atoms with Crippen LogP contribution in [-0.4, -0.2) is 37.2 Å². The van der Waals surface area contributed by atoms with Crippen molar-refractivity contribution in [3.8, 4) is 0 Å². The predicted molar refractivity (Wildman–Crippen MR) is 307 cm³/mol. The summed E-state index contributed by atoms with van der Waals surface area (Å²) in [7, 11) is 0. The van der Waals surface area contributed by atoms with Crippen molar-refractivity contribution in [3.63, 3.8) is 0 Å². The molecule has 0 aromatic carbocycles. The molecule has 0 aliphatic carbocycles. The number of rotatable bonds is 55. The molecule has 0 heterocycles. The van der Waals surface area contributed by atoms with E-state index in [1.165, 1.54) is 173 Å². The minimum Gasteiger partial charge on any atom is -0.462 e. The number of unbranched alkanes of at least 4 members (excludes halogenated alkanes) is 32. The molecule has 71 heavy (non-hydrogen) atoms. The molecule has 0 aromatic heterocycles. The molecule has 0 rings (SSSR count). The van der Waals surface area contributed by atoms with Crippen molar-refractivity contribution in [2.45, 2.75) is 309 Å². The molecule has 6 heteroatoms.